The molecular formula is C21H21ClN4O2. The second-order valence-electron chi connectivity index (χ2n) is 6.10. The van der Waals surface area contributed by atoms with Crippen LogP contribution < -0.4 is 15.4 Å². The molecule has 1 amide bonds. The number of nitrogens with one attached hydrogen (secondary N) is 2. The number of carbonyl (C=O) groups is 1. The lowest BCUT2D eigenvalue weighted by molar-refractivity contribution is 0.0945. The van der Waals surface area contributed by atoms with Gasteiger partial charge in [0.05, 0.1) is 7.11 Å². The smallest absolute Gasteiger partial charge is 0.272 e. The molecule has 0 bridgehead atoms. The molecule has 0 aliphatic carbocycles. The van der Waals surface area contributed by atoms with Gasteiger partial charge < -0.3 is 15.4 Å². The minimum atomic E-state index is -0.275. The number of halogens is 1. The summed E-state index contributed by atoms with van der Waals surface area (Å²) in [5, 5.41) is 14.7. The van der Waals surface area contributed by atoms with Crippen LogP contribution in [0, 0.1) is 0 Å². The van der Waals surface area contributed by atoms with E-state index in [0.717, 1.165) is 23.3 Å². The first-order valence-corrected chi connectivity index (χ1v) is 9.25. The highest BCUT2D eigenvalue weighted by atomic mass is 35.5. The van der Waals surface area contributed by atoms with Crippen molar-refractivity contribution >= 4 is 23.3 Å². The molecule has 0 saturated carbocycles. The van der Waals surface area contributed by atoms with Gasteiger partial charge in [0.1, 0.15) is 11.6 Å². The van der Waals surface area contributed by atoms with Gasteiger partial charge in [-0.1, -0.05) is 41.9 Å². The molecule has 1 heterocycles. The SMILES string of the molecule is COc1ccccc1CCNc1ccc(C(=O)NCc2ccc(Cl)cc2)nn1. The number of hydrogen-bond acceptors (Lipinski definition) is 5. The van der Waals surface area contributed by atoms with E-state index in [0.29, 0.717) is 23.9 Å². The summed E-state index contributed by atoms with van der Waals surface area (Å²) in [4.78, 5) is 12.2. The van der Waals surface area contributed by atoms with E-state index in [2.05, 4.69) is 20.8 Å². The predicted molar refractivity (Wildman–Crippen MR) is 110 cm³/mol. The molecule has 28 heavy (non-hydrogen) atoms. The lowest BCUT2D eigenvalue weighted by Crippen LogP contribution is -2.24. The zero-order chi connectivity index (χ0) is 19.8. The number of ether oxygens (including phenoxy) is 1. The third-order valence-corrected chi connectivity index (χ3v) is 4.41. The summed E-state index contributed by atoms with van der Waals surface area (Å²) in [6, 6.07) is 18.6. The molecule has 3 aromatic rings. The Morgan fingerprint density at radius 1 is 1.04 bits per heavy atom. The standard InChI is InChI=1S/C21H21ClN4O2/c1-28-19-5-3-2-4-16(19)12-13-23-20-11-10-18(25-26-20)21(27)24-14-15-6-8-17(22)9-7-15/h2-11H,12-14H2,1H3,(H,23,26)(H,24,27). The van der Waals surface area contributed by atoms with Gasteiger partial charge in [-0.25, -0.2) is 0 Å². The van der Waals surface area contributed by atoms with Crippen molar-refractivity contribution in [3.8, 4) is 5.75 Å². The van der Waals surface area contributed by atoms with E-state index >= 15 is 0 Å². The molecular weight excluding hydrogens is 376 g/mol. The molecule has 0 radical (unpaired) electrons. The Bertz CT molecular complexity index is 914. The zero-order valence-electron chi connectivity index (χ0n) is 15.5. The van der Waals surface area contributed by atoms with Crippen molar-refractivity contribution in [2.24, 2.45) is 0 Å². The molecule has 7 heteroatoms. The zero-order valence-corrected chi connectivity index (χ0v) is 16.2. The van der Waals surface area contributed by atoms with Crippen molar-refractivity contribution in [1.29, 1.82) is 0 Å². The number of para-hydroxylation sites is 1. The highest BCUT2D eigenvalue weighted by Crippen LogP contribution is 2.17. The minimum absolute atomic E-state index is 0.268. The predicted octanol–water partition coefficient (Wildman–Crippen LogP) is 3.72. The van der Waals surface area contributed by atoms with E-state index in [9.17, 15) is 4.79 Å². The first-order chi connectivity index (χ1) is 13.7. The van der Waals surface area contributed by atoms with Crippen LogP contribution in [0.25, 0.3) is 0 Å². The van der Waals surface area contributed by atoms with Crippen molar-refractivity contribution in [2.75, 3.05) is 19.0 Å². The molecule has 3 rings (SSSR count). The minimum Gasteiger partial charge on any atom is -0.496 e. The van der Waals surface area contributed by atoms with Gasteiger partial charge in [0.2, 0.25) is 0 Å². The molecule has 0 atom stereocenters. The van der Waals surface area contributed by atoms with Crippen LogP contribution in [0.3, 0.4) is 0 Å². The van der Waals surface area contributed by atoms with Crippen molar-refractivity contribution in [1.82, 2.24) is 15.5 Å². The Balaban J connectivity index is 1.48. The Morgan fingerprint density at radius 3 is 2.54 bits per heavy atom. The summed E-state index contributed by atoms with van der Waals surface area (Å²) in [7, 11) is 1.66. The van der Waals surface area contributed by atoms with Crippen molar-refractivity contribution in [3.05, 3.63) is 82.5 Å². The molecule has 2 N–H and O–H groups in total. The molecule has 0 fully saturated rings. The first-order valence-electron chi connectivity index (χ1n) is 8.88. The van der Waals surface area contributed by atoms with Gasteiger partial charge in [-0.2, -0.15) is 0 Å². The van der Waals surface area contributed by atoms with E-state index < -0.39 is 0 Å². The molecule has 6 nitrogen and oxygen atoms in total. The normalized spacial score (nSPS) is 10.4. The fraction of sp³-hybridized carbons (Fsp3) is 0.190. The topological polar surface area (TPSA) is 76.1 Å². The van der Waals surface area contributed by atoms with Gasteiger partial charge in [-0.05, 0) is 47.9 Å². The van der Waals surface area contributed by atoms with Crippen LogP contribution in [0.1, 0.15) is 21.6 Å². The van der Waals surface area contributed by atoms with Crippen LogP contribution in [0.4, 0.5) is 5.82 Å². The second-order valence-corrected chi connectivity index (χ2v) is 6.54. The molecule has 0 saturated heterocycles. The first kappa shape index (κ1) is 19.6. The molecule has 0 spiro atoms. The van der Waals surface area contributed by atoms with Crippen LogP contribution in [0.2, 0.25) is 5.02 Å². The van der Waals surface area contributed by atoms with Crippen LogP contribution in [-0.2, 0) is 13.0 Å². The maximum absolute atomic E-state index is 12.2. The summed E-state index contributed by atoms with van der Waals surface area (Å²) >= 11 is 5.85. The van der Waals surface area contributed by atoms with Gasteiger partial charge in [-0.15, -0.1) is 10.2 Å². The third-order valence-electron chi connectivity index (χ3n) is 4.16. The summed E-state index contributed by atoms with van der Waals surface area (Å²) < 4.78 is 5.34. The number of amides is 1. The lowest BCUT2D eigenvalue weighted by atomic mass is 10.1. The highest BCUT2D eigenvalue weighted by molar-refractivity contribution is 6.30. The fourth-order valence-electron chi connectivity index (χ4n) is 2.66. The monoisotopic (exact) mass is 396 g/mol. The number of aromatic nitrogens is 2. The van der Waals surface area contributed by atoms with Gasteiger partial charge >= 0.3 is 0 Å². The molecule has 2 aromatic carbocycles. The van der Waals surface area contributed by atoms with E-state index in [1.807, 2.05) is 36.4 Å². The van der Waals surface area contributed by atoms with Crippen LogP contribution in [0.5, 0.6) is 5.75 Å². The number of rotatable bonds is 8. The van der Waals surface area contributed by atoms with Crippen molar-refractivity contribution < 1.29 is 9.53 Å². The Hall–Kier alpha value is -3.12. The average Bonchev–Trinajstić information content (AvgIpc) is 2.74. The van der Waals surface area contributed by atoms with Crippen molar-refractivity contribution in [2.45, 2.75) is 13.0 Å². The molecule has 0 aliphatic rings. The average molecular weight is 397 g/mol. The van der Waals surface area contributed by atoms with E-state index in [4.69, 9.17) is 16.3 Å². The van der Waals surface area contributed by atoms with Crippen LogP contribution in [0.15, 0.2) is 60.7 Å². The summed E-state index contributed by atoms with van der Waals surface area (Å²) in [6.07, 6.45) is 0.787. The molecule has 0 unspecified atom stereocenters. The van der Waals surface area contributed by atoms with E-state index in [1.54, 1.807) is 31.4 Å². The van der Waals surface area contributed by atoms with Crippen LogP contribution >= 0.6 is 11.6 Å². The number of methoxy groups -OCH3 is 1. The molecule has 144 valence electrons. The Morgan fingerprint density at radius 2 is 1.82 bits per heavy atom. The number of carbonyl (C=O) groups excluding carboxylic acids is 1. The van der Waals surface area contributed by atoms with E-state index in [1.165, 1.54) is 0 Å². The maximum Gasteiger partial charge on any atom is 0.272 e. The summed E-state index contributed by atoms with van der Waals surface area (Å²) in [6.45, 7) is 1.08. The largest absolute Gasteiger partial charge is 0.496 e. The third kappa shape index (κ3) is 5.44. The van der Waals surface area contributed by atoms with Gasteiger partial charge in [0.25, 0.3) is 5.91 Å². The second kappa shape index (κ2) is 9.71. The van der Waals surface area contributed by atoms with Gasteiger partial charge in [0, 0.05) is 18.1 Å². The number of hydrogen-bond donors (Lipinski definition) is 2. The quantitative estimate of drug-likeness (QED) is 0.606. The number of nitrogens with zero attached hydrogens (tertiary/aromatic N) is 2. The Labute approximate surface area is 168 Å². The maximum atomic E-state index is 12.2. The molecule has 1 aromatic heterocycles. The lowest BCUT2D eigenvalue weighted by Gasteiger charge is -2.09. The number of benzene rings is 2. The van der Waals surface area contributed by atoms with Crippen LogP contribution in [-0.4, -0.2) is 29.8 Å². The van der Waals surface area contributed by atoms with Crippen molar-refractivity contribution in [3.63, 3.8) is 0 Å². The summed E-state index contributed by atoms with van der Waals surface area (Å²) in [5.41, 5.74) is 2.34. The highest BCUT2D eigenvalue weighted by Gasteiger charge is 2.08. The number of anilines is 1. The van der Waals surface area contributed by atoms with E-state index in [-0.39, 0.29) is 11.6 Å². The fourth-order valence-corrected chi connectivity index (χ4v) is 2.78. The van der Waals surface area contributed by atoms with Gasteiger partial charge in [-0.3, -0.25) is 4.79 Å². The Kier molecular flexibility index (Phi) is 6.81. The molecule has 0 aliphatic heterocycles. The summed E-state index contributed by atoms with van der Waals surface area (Å²) in [5.74, 6) is 1.20. The van der Waals surface area contributed by atoms with Gasteiger partial charge in [0.15, 0.2) is 5.69 Å².